The van der Waals surface area contributed by atoms with Gasteiger partial charge in [0.15, 0.2) is 0 Å². The van der Waals surface area contributed by atoms with Crippen LogP contribution in [0.25, 0.3) is 10.8 Å². The van der Waals surface area contributed by atoms with Gasteiger partial charge < -0.3 is 4.74 Å². The summed E-state index contributed by atoms with van der Waals surface area (Å²) in [5, 5.41) is 6.45. The van der Waals surface area contributed by atoms with Gasteiger partial charge in [0.05, 0.1) is 11.8 Å². The number of rotatable bonds is 5. The summed E-state index contributed by atoms with van der Waals surface area (Å²) in [6.07, 6.45) is 1.49. The Hall–Kier alpha value is -3.96. The zero-order valence-electron chi connectivity index (χ0n) is 17.2. The van der Waals surface area contributed by atoms with E-state index in [2.05, 4.69) is 10.5 Å². The highest BCUT2D eigenvalue weighted by Gasteiger charge is 2.14. The molecule has 5 nitrogen and oxygen atoms in total. The molecular formula is C26H19ClN2O3. The number of ether oxygens (including phenoxy) is 1. The van der Waals surface area contributed by atoms with Crippen molar-refractivity contribution in [3.05, 3.63) is 112 Å². The topological polar surface area (TPSA) is 67.8 Å². The average molecular weight is 443 g/mol. The Balaban J connectivity index is 1.63. The van der Waals surface area contributed by atoms with Gasteiger partial charge in [0, 0.05) is 16.1 Å². The molecule has 1 N–H and O–H groups in total. The number of nitrogens with one attached hydrogen (secondary N) is 1. The summed E-state index contributed by atoms with van der Waals surface area (Å²) in [7, 11) is 0. The molecule has 0 radical (unpaired) electrons. The van der Waals surface area contributed by atoms with Crippen LogP contribution in [0.1, 0.15) is 31.8 Å². The molecule has 0 aromatic heterocycles. The first-order valence-electron chi connectivity index (χ1n) is 9.91. The van der Waals surface area contributed by atoms with Crippen molar-refractivity contribution in [3.63, 3.8) is 0 Å². The number of nitrogens with zero attached hydrogens (tertiary/aromatic N) is 1. The molecule has 1 amide bonds. The van der Waals surface area contributed by atoms with Crippen molar-refractivity contribution in [2.24, 2.45) is 5.10 Å². The molecule has 0 bridgehead atoms. The number of hydrogen-bond donors (Lipinski definition) is 1. The van der Waals surface area contributed by atoms with Gasteiger partial charge >= 0.3 is 5.97 Å². The molecule has 0 atom stereocenters. The van der Waals surface area contributed by atoms with Crippen LogP contribution >= 0.6 is 11.6 Å². The van der Waals surface area contributed by atoms with Gasteiger partial charge in [-0.25, -0.2) is 10.2 Å². The summed E-state index contributed by atoms with van der Waals surface area (Å²) >= 11 is 5.90. The van der Waals surface area contributed by atoms with Gasteiger partial charge in [-0.1, -0.05) is 60.1 Å². The smallest absolute Gasteiger partial charge is 0.343 e. The third-order valence-corrected chi connectivity index (χ3v) is 5.21. The van der Waals surface area contributed by atoms with Crippen LogP contribution in [0.15, 0.2) is 90.0 Å². The van der Waals surface area contributed by atoms with Crippen LogP contribution in [0.5, 0.6) is 5.75 Å². The van der Waals surface area contributed by atoms with Gasteiger partial charge in [-0.3, -0.25) is 4.79 Å². The summed E-state index contributed by atoms with van der Waals surface area (Å²) in [5.41, 5.74) is 4.89. The number of fused-ring (bicyclic) bond motifs is 1. The van der Waals surface area contributed by atoms with Crippen molar-refractivity contribution in [2.75, 3.05) is 0 Å². The van der Waals surface area contributed by atoms with Crippen LogP contribution < -0.4 is 10.2 Å². The molecule has 4 rings (SSSR count). The summed E-state index contributed by atoms with van der Waals surface area (Å²) in [6.45, 7) is 1.86. The fourth-order valence-corrected chi connectivity index (χ4v) is 3.41. The Kier molecular flexibility index (Phi) is 6.29. The Morgan fingerprint density at radius 1 is 0.906 bits per heavy atom. The maximum Gasteiger partial charge on any atom is 0.343 e. The van der Waals surface area contributed by atoms with Crippen molar-refractivity contribution in [3.8, 4) is 5.75 Å². The lowest BCUT2D eigenvalue weighted by Gasteiger charge is -2.11. The molecule has 0 heterocycles. The molecule has 0 aliphatic heterocycles. The van der Waals surface area contributed by atoms with Crippen LogP contribution in [-0.4, -0.2) is 18.1 Å². The lowest BCUT2D eigenvalue weighted by atomic mass is 10.0. The van der Waals surface area contributed by atoms with Gasteiger partial charge in [-0.2, -0.15) is 5.10 Å². The van der Waals surface area contributed by atoms with E-state index in [1.165, 1.54) is 6.21 Å². The van der Waals surface area contributed by atoms with E-state index in [0.29, 0.717) is 27.5 Å². The van der Waals surface area contributed by atoms with E-state index in [1.807, 2.05) is 49.4 Å². The molecule has 0 fully saturated rings. The molecule has 0 unspecified atom stereocenters. The number of benzene rings is 4. The first-order chi connectivity index (χ1) is 15.5. The second kappa shape index (κ2) is 9.45. The van der Waals surface area contributed by atoms with Crippen LogP contribution in [0.4, 0.5) is 0 Å². The largest absolute Gasteiger partial charge is 0.422 e. The summed E-state index contributed by atoms with van der Waals surface area (Å²) in [5.74, 6) is -0.507. The molecule has 0 saturated heterocycles. The number of hydrogen-bond acceptors (Lipinski definition) is 4. The minimum atomic E-state index is -0.518. The van der Waals surface area contributed by atoms with E-state index >= 15 is 0 Å². The number of amides is 1. The second-order valence-electron chi connectivity index (χ2n) is 7.11. The SMILES string of the molecule is Cc1ccccc1C(=O)N/N=C/c1c(OC(=O)c2ccc(Cl)cc2)ccc2ccccc12. The van der Waals surface area contributed by atoms with Gasteiger partial charge in [0.1, 0.15) is 5.75 Å². The van der Waals surface area contributed by atoms with Gasteiger partial charge in [-0.05, 0) is 59.7 Å². The first-order valence-corrected chi connectivity index (χ1v) is 10.3. The summed E-state index contributed by atoms with van der Waals surface area (Å²) in [6, 6.07) is 24.9. The summed E-state index contributed by atoms with van der Waals surface area (Å²) in [4.78, 5) is 25.1. The number of aryl methyl sites for hydroxylation is 1. The van der Waals surface area contributed by atoms with E-state index in [1.54, 1.807) is 42.5 Å². The van der Waals surface area contributed by atoms with E-state index in [4.69, 9.17) is 16.3 Å². The highest BCUT2D eigenvalue weighted by atomic mass is 35.5. The lowest BCUT2D eigenvalue weighted by Crippen LogP contribution is -2.18. The van der Waals surface area contributed by atoms with Gasteiger partial charge in [-0.15, -0.1) is 0 Å². The first kappa shape index (κ1) is 21.3. The molecule has 4 aromatic rings. The predicted molar refractivity (Wildman–Crippen MR) is 127 cm³/mol. The molecule has 32 heavy (non-hydrogen) atoms. The van der Waals surface area contributed by atoms with Crippen molar-refractivity contribution < 1.29 is 14.3 Å². The molecule has 0 spiro atoms. The van der Waals surface area contributed by atoms with Crippen molar-refractivity contribution >= 4 is 40.5 Å². The third kappa shape index (κ3) is 4.68. The van der Waals surface area contributed by atoms with Gasteiger partial charge in [0.25, 0.3) is 5.91 Å². The van der Waals surface area contributed by atoms with E-state index in [-0.39, 0.29) is 5.91 Å². The fraction of sp³-hybridized carbons (Fsp3) is 0.0385. The minimum absolute atomic E-state index is 0.320. The van der Waals surface area contributed by atoms with Crippen LogP contribution in [0.3, 0.4) is 0 Å². The van der Waals surface area contributed by atoms with E-state index in [9.17, 15) is 9.59 Å². The Labute approximate surface area is 190 Å². The highest BCUT2D eigenvalue weighted by Crippen LogP contribution is 2.27. The Bertz CT molecular complexity index is 1330. The van der Waals surface area contributed by atoms with Crippen molar-refractivity contribution in [1.29, 1.82) is 0 Å². The number of halogens is 1. The average Bonchev–Trinajstić information content (AvgIpc) is 2.80. The summed E-state index contributed by atoms with van der Waals surface area (Å²) < 4.78 is 5.65. The van der Waals surface area contributed by atoms with Crippen LogP contribution in [0.2, 0.25) is 5.02 Å². The lowest BCUT2D eigenvalue weighted by molar-refractivity contribution is 0.0734. The zero-order valence-corrected chi connectivity index (χ0v) is 18.0. The molecule has 158 valence electrons. The quantitative estimate of drug-likeness (QED) is 0.184. The monoisotopic (exact) mass is 442 g/mol. The zero-order chi connectivity index (χ0) is 22.5. The second-order valence-corrected chi connectivity index (χ2v) is 7.55. The number of carbonyl (C=O) groups excluding carboxylic acids is 2. The fourth-order valence-electron chi connectivity index (χ4n) is 3.29. The molecule has 6 heteroatoms. The number of esters is 1. The van der Waals surface area contributed by atoms with E-state index in [0.717, 1.165) is 16.3 Å². The molecule has 0 saturated carbocycles. The number of carbonyl (C=O) groups is 2. The normalized spacial score (nSPS) is 10.9. The van der Waals surface area contributed by atoms with Crippen molar-refractivity contribution in [2.45, 2.75) is 6.92 Å². The predicted octanol–water partition coefficient (Wildman–Crippen LogP) is 5.78. The van der Waals surface area contributed by atoms with Crippen molar-refractivity contribution in [1.82, 2.24) is 5.43 Å². The minimum Gasteiger partial charge on any atom is -0.422 e. The maximum absolute atomic E-state index is 12.6. The maximum atomic E-state index is 12.6. The molecular weight excluding hydrogens is 424 g/mol. The highest BCUT2D eigenvalue weighted by molar-refractivity contribution is 6.30. The Morgan fingerprint density at radius 3 is 2.41 bits per heavy atom. The molecule has 0 aliphatic rings. The van der Waals surface area contributed by atoms with Gasteiger partial charge in [0.2, 0.25) is 0 Å². The molecule has 0 aliphatic carbocycles. The molecule has 4 aromatic carbocycles. The third-order valence-electron chi connectivity index (χ3n) is 4.96. The number of hydrazone groups is 1. The van der Waals surface area contributed by atoms with Crippen LogP contribution in [0, 0.1) is 6.92 Å². The Morgan fingerprint density at radius 2 is 1.62 bits per heavy atom. The van der Waals surface area contributed by atoms with Crippen LogP contribution in [-0.2, 0) is 0 Å². The standard InChI is InChI=1S/C26H19ClN2O3/c1-17-6-2-4-8-21(17)25(30)29-28-16-23-22-9-5-3-7-18(22)12-15-24(23)32-26(31)19-10-13-20(27)14-11-19/h2-16H,1H3,(H,29,30)/b28-16+. The van der Waals surface area contributed by atoms with E-state index < -0.39 is 5.97 Å².